The summed E-state index contributed by atoms with van der Waals surface area (Å²) in [7, 11) is 0. The highest BCUT2D eigenvalue weighted by Gasteiger charge is 2.45. The minimum Gasteiger partial charge on any atom is -0.507 e. The summed E-state index contributed by atoms with van der Waals surface area (Å²) in [6, 6.07) is 12.7. The van der Waals surface area contributed by atoms with E-state index in [4.69, 9.17) is 4.74 Å². The third-order valence-electron chi connectivity index (χ3n) is 6.17. The average molecular weight is 434 g/mol. The molecule has 1 unspecified atom stereocenters. The van der Waals surface area contributed by atoms with Crippen LogP contribution < -0.4 is 4.74 Å². The second-order valence-electron chi connectivity index (χ2n) is 8.92. The Hall–Kier alpha value is -3.08. The summed E-state index contributed by atoms with van der Waals surface area (Å²) in [5.41, 5.74) is 4.03. The second kappa shape index (κ2) is 9.19. The van der Waals surface area contributed by atoms with Gasteiger partial charge in [-0.3, -0.25) is 9.59 Å². The molecule has 168 valence electrons. The van der Waals surface area contributed by atoms with Gasteiger partial charge in [0.25, 0.3) is 11.7 Å². The van der Waals surface area contributed by atoms with Gasteiger partial charge in [-0.05, 0) is 80.8 Å². The Morgan fingerprint density at radius 3 is 2.56 bits per heavy atom. The number of ketones is 1. The molecule has 0 aromatic heterocycles. The molecule has 32 heavy (non-hydrogen) atoms. The summed E-state index contributed by atoms with van der Waals surface area (Å²) in [4.78, 5) is 27.6. The van der Waals surface area contributed by atoms with Gasteiger partial charge in [0.2, 0.25) is 0 Å². The molecule has 1 heterocycles. The summed E-state index contributed by atoms with van der Waals surface area (Å²) in [6.45, 7) is 6.31. The van der Waals surface area contributed by atoms with Crippen molar-refractivity contribution >= 4 is 17.4 Å². The Bertz CT molecular complexity index is 1070. The number of aliphatic hydroxyl groups excluding tert-OH is 1. The zero-order valence-electron chi connectivity index (χ0n) is 19.1. The Balaban J connectivity index is 1.83. The van der Waals surface area contributed by atoms with Crippen LogP contribution in [0.2, 0.25) is 0 Å². The number of Topliss-reactive ketones (excluding diaryl/α,β-unsaturated/α-hetero) is 1. The van der Waals surface area contributed by atoms with Gasteiger partial charge in [0.1, 0.15) is 11.5 Å². The number of aliphatic hydroxyl groups is 1. The second-order valence-corrected chi connectivity index (χ2v) is 8.92. The van der Waals surface area contributed by atoms with E-state index in [0.29, 0.717) is 24.3 Å². The van der Waals surface area contributed by atoms with Crippen LogP contribution in [0.4, 0.5) is 0 Å². The summed E-state index contributed by atoms with van der Waals surface area (Å²) in [5.74, 6) is -0.621. The van der Waals surface area contributed by atoms with E-state index < -0.39 is 17.7 Å². The normalized spacial score (nSPS) is 20.0. The summed E-state index contributed by atoms with van der Waals surface area (Å²) < 4.78 is 5.84. The number of hydrogen-bond acceptors (Lipinski definition) is 4. The predicted octanol–water partition coefficient (Wildman–Crippen LogP) is 5.18. The number of hydrogen-bond donors (Lipinski definition) is 1. The van der Waals surface area contributed by atoms with E-state index >= 15 is 0 Å². The molecule has 1 saturated heterocycles. The molecule has 0 spiro atoms. The number of amides is 1. The number of nitrogens with zero attached hydrogens (tertiary/aromatic N) is 1. The van der Waals surface area contributed by atoms with Gasteiger partial charge in [-0.2, -0.15) is 0 Å². The molecular formula is C27H31NO4. The van der Waals surface area contributed by atoms with Crippen molar-refractivity contribution in [3.63, 3.8) is 0 Å². The van der Waals surface area contributed by atoms with Crippen LogP contribution in [0.15, 0.2) is 48.0 Å². The fourth-order valence-electron chi connectivity index (χ4n) is 4.76. The van der Waals surface area contributed by atoms with Crippen molar-refractivity contribution in [3.05, 3.63) is 70.3 Å². The number of rotatable bonds is 6. The smallest absolute Gasteiger partial charge is 0.295 e. The van der Waals surface area contributed by atoms with Crippen molar-refractivity contribution in [1.82, 2.24) is 4.90 Å². The number of likely N-dealkylation sites (tertiary alicyclic amines) is 1. The van der Waals surface area contributed by atoms with Crippen molar-refractivity contribution in [1.29, 1.82) is 0 Å². The molecule has 1 fully saturated rings. The minimum atomic E-state index is -0.637. The molecule has 0 saturated carbocycles. The molecule has 1 aliphatic heterocycles. The maximum Gasteiger partial charge on any atom is 0.295 e. The quantitative estimate of drug-likeness (QED) is 0.387. The molecule has 1 aliphatic carbocycles. The number of benzene rings is 2. The first-order valence-electron chi connectivity index (χ1n) is 11.6. The highest BCUT2D eigenvalue weighted by molar-refractivity contribution is 6.46. The van der Waals surface area contributed by atoms with Gasteiger partial charge in [0, 0.05) is 12.1 Å². The molecule has 1 amide bonds. The first kappa shape index (κ1) is 22.1. The molecule has 2 aromatic rings. The van der Waals surface area contributed by atoms with Crippen LogP contribution in [-0.4, -0.2) is 34.3 Å². The highest BCUT2D eigenvalue weighted by atomic mass is 16.5. The standard InChI is InChI=1S/C27H31NO4/c1-4-14-28-24(20-10-7-11-22(16-20)32-17(2)3)23(26(30)27(28)31)25(29)21-13-12-18-8-5-6-9-19(18)15-21/h7,10-13,15-17,24,29H,4-6,8-9,14H2,1-3H3/b25-23-. The predicted molar refractivity (Wildman–Crippen MR) is 125 cm³/mol. The van der Waals surface area contributed by atoms with Gasteiger partial charge in [-0.1, -0.05) is 31.2 Å². The van der Waals surface area contributed by atoms with E-state index in [0.717, 1.165) is 24.8 Å². The average Bonchev–Trinajstić information content (AvgIpc) is 3.03. The van der Waals surface area contributed by atoms with Crippen LogP contribution in [0, 0.1) is 0 Å². The first-order valence-corrected chi connectivity index (χ1v) is 11.6. The SMILES string of the molecule is CCCN1C(=O)C(=O)/C(=C(\O)c2ccc3c(c2)CCCC3)C1c1cccc(OC(C)C)c1. The van der Waals surface area contributed by atoms with E-state index in [-0.39, 0.29) is 17.4 Å². The van der Waals surface area contributed by atoms with E-state index in [9.17, 15) is 14.7 Å². The lowest BCUT2D eigenvalue weighted by molar-refractivity contribution is -0.139. The zero-order valence-corrected chi connectivity index (χ0v) is 19.1. The highest BCUT2D eigenvalue weighted by Crippen LogP contribution is 2.40. The molecule has 1 N–H and O–H groups in total. The number of ether oxygens (including phenoxy) is 1. The first-order chi connectivity index (χ1) is 15.4. The van der Waals surface area contributed by atoms with Crippen LogP contribution >= 0.6 is 0 Å². The lowest BCUT2D eigenvalue weighted by Crippen LogP contribution is -2.30. The van der Waals surface area contributed by atoms with E-state index in [1.807, 2.05) is 63.2 Å². The molecule has 4 rings (SSSR count). The Morgan fingerprint density at radius 2 is 1.84 bits per heavy atom. The van der Waals surface area contributed by atoms with Gasteiger partial charge in [0.05, 0.1) is 17.7 Å². The maximum atomic E-state index is 13.1. The maximum absolute atomic E-state index is 13.1. The molecule has 2 aliphatic rings. The molecule has 5 heteroatoms. The molecule has 0 radical (unpaired) electrons. The van der Waals surface area contributed by atoms with Gasteiger partial charge < -0.3 is 14.7 Å². The molecular weight excluding hydrogens is 402 g/mol. The van der Waals surface area contributed by atoms with Crippen LogP contribution in [0.25, 0.3) is 5.76 Å². The number of carbonyl (C=O) groups is 2. The van der Waals surface area contributed by atoms with Crippen molar-refractivity contribution in [2.45, 2.75) is 65.0 Å². The summed E-state index contributed by atoms with van der Waals surface area (Å²) >= 11 is 0. The lowest BCUT2D eigenvalue weighted by Gasteiger charge is -2.25. The van der Waals surface area contributed by atoms with Crippen LogP contribution in [0.5, 0.6) is 5.75 Å². The lowest BCUT2D eigenvalue weighted by atomic mass is 9.88. The van der Waals surface area contributed by atoms with Gasteiger partial charge in [-0.15, -0.1) is 0 Å². The molecule has 1 atom stereocenters. The van der Waals surface area contributed by atoms with Crippen molar-refractivity contribution < 1.29 is 19.4 Å². The third-order valence-corrected chi connectivity index (χ3v) is 6.17. The topological polar surface area (TPSA) is 66.8 Å². The molecule has 0 bridgehead atoms. The Labute approximate surface area is 189 Å². The van der Waals surface area contributed by atoms with Crippen molar-refractivity contribution in [2.75, 3.05) is 6.54 Å². The van der Waals surface area contributed by atoms with Crippen LogP contribution in [0.3, 0.4) is 0 Å². The van der Waals surface area contributed by atoms with Crippen LogP contribution in [-0.2, 0) is 22.4 Å². The fraction of sp³-hybridized carbons (Fsp3) is 0.407. The number of carbonyl (C=O) groups excluding carboxylic acids is 2. The number of aryl methyl sites for hydroxylation is 2. The van der Waals surface area contributed by atoms with E-state index in [1.165, 1.54) is 17.5 Å². The monoisotopic (exact) mass is 433 g/mol. The molecule has 2 aromatic carbocycles. The summed E-state index contributed by atoms with van der Waals surface area (Å²) in [5, 5.41) is 11.3. The molecule has 5 nitrogen and oxygen atoms in total. The third kappa shape index (κ3) is 4.16. The van der Waals surface area contributed by atoms with Crippen molar-refractivity contribution in [2.24, 2.45) is 0 Å². The van der Waals surface area contributed by atoms with Crippen molar-refractivity contribution in [3.8, 4) is 5.75 Å². The fourth-order valence-corrected chi connectivity index (χ4v) is 4.76. The van der Waals surface area contributed by atoms with E-state index in [1.54, 1.807) is 4.90 Å². The van der Waals surface area contributed by atoms with Crippen LogP contribution in [0.1, 0.15) is 68.3 Å². The Kier molecular flexibility index (Phi) is 6.35. The van der Waals surface area contributed by atoms with Gasteiger partial charge in [-0.25, -0.2) is 0 Å². The summed E-state index contributed by atoms with van der Waals surface area (Å²) in [6.07, 6.45) is 5.03. The largest absolute Gasteiger partial charge is 0.507 e. The Morgan fingerprint density at radius 1 is 1.09 bits per heavy atom. The zero-order chi connectivity index (χ0) is 22.8. The number of fused-ring (bicyclic) bond motifs is 1. The van der Waals surface area contributed by atoms with Gasteiger partial charge >= 0.3 is 0 Å². The van der Waals surface area contributed by atoms with Gasteiger partial charge in [0.15, 0.2) is 0 Å². The van der Waals surface area contributed by atoms with E-state index in [2.05, 4.69) is 0 Å². The minimum absolute atomic E-state index is 0.00254.